The Kier molecular flexibility index (Phi) is 6.07. The molecule has 2 aliphatic rings. The maximum absolute atomic E-state index is 10.3. The highest BCUT2D eigenvalue weighted by Crippen LogP contribution is 2.23. The lowest BCUT2D eigenvalue weighted by Gasteiger charge is -2.32. The zero-order valence-corrected chi connectivity index (χ0v) is 12.6. The molecule has 0 aliphatic carbocycles. The Labute approximate surface area is 117 Å². The van der Waals surface area contributed by atoms with Crippen LogP contribution in [0.1, 0.15) is 33.1 Å². The van der Waals surface area contributed by atoms with Gasteiger partial charge in [-0.1, -0.05) is 13.8 Å². The van der Waals surface area contributed by atoms with Crippen molar-refractivity contribution in [2.24, 2.45) is 5.92 Å². The van der Waals surface area contributed by atoms with Crippen molar-refractivity contribution >= 4 is 0 Å². The minimum atomic E-state index is -0.217. The summed E-state index contributed by atoms with van der Waals surface area (Å²) in [5.74, 6) is 0.752. The van der Waals surface area contributed by atoms with E-state index < -0.39 is 0 Å². The highest BCUT2D eigenvalue weighted by atomic mass is 16.5. The van der Waals surface area contributed by atoms with Crippen LogP contribution >= 0.6 is 0 Å². The largest absolute Gasteiger partial charge is 0.390 e. The highest BCUT2D eigenvalue weighted by molar-refractivity contribution is 4.82. The molecule has 0 bridgehead atoms. The maximum Gasteiger partial charge on any atom is 0.0793 e. The van der Waals surface area contributed by atoms with Gasteiger partial charge in [-0.2, -0.15) is 0 Å². The molecule has 0 saturated carbocycles. The third kappa shape index (κ3) is 5.03. The molecule has 4 nitrogen and oxygen atoms in total. The number of rotatable bonds is 6. The zero-order chi connectivity index (χ0) is 13.7. The van der Waals surface area contributed by atoms with Crippen molar-refractivity contribution in [3.05, 3.63) is 0 Å². The molecule has 0 aromatic rings. The molecule has 112 valence electrons. The lowest BCUT2D eigenvalue weighted by atomic mass is 10.0. The van der Waals surface area contributed by atoms with E-state index in [1.807, 2.05) is 0 Å². The van der Waals surface area contributed by atoms with E-state index in [2.05, 4.69) is 23.6 Å². The number of ether oxygens (including phenoxy) is 1. The van der Waals surface area contributed by atoms with Gasteiger partial charge in [-0.05, 0) is 31.7 Å². The highest BCUT2D eigenvalue weighted by Gasteiger charge is 2.27. The van der Waals surface area contributed by atoms with Crippen LogP contribution < -0.4 is 0 Å². The van der Waals surface area contributed by atoms with Gasteiger partial charge >= 0.3 is 0 Å². The van der Waals surface area contributed by atoms with Crippen LogP contribution in [0, 0.1) is 5.92 Å². The first-order chi connectivity index (χ1) is 9.15. The molecule has 0 aromatic heterocycles. The quantitative estimate of drug-likeness (QED) is 0.786. The van der Waals surface area contributed by atoms with Crippen molar-refractivity contribution in [3.8, 4) is 0 Å². The van der Waals surface area contributed by atoms with Gasteiger partial charge in [-0.3, -0.25) is 9.80 Å². The molecule has 0 radical (unpaired) electrons. The summed E-state index contributed by atoms with van der Waals surface area (Å²) in [5, 5.41) is 10.3. The van der Waals surface area contributed by atoms with Crippen molar-refractivity contribution in [1.82, 2.24) is 9.80 Å². The standard InChI is InChI=1S/C15H30N2O2/c1-13(2)10-14-4-3-5-17(14)12-15(18)11-16-6-8-19-9-7-16/h13-15,18H,3-12H2,1-2H3. The second-order valence-corrected chi connectivity index (χ2v) is 6.49. The van der Waals surface area contributed by atoms with E-state index in [-0.39, 0.29) is 6.10 Å². The van der Waals surface area contributed by atoms with E-state index in [1.54, 1.807) is 0 Å². The molecule has 0 amide bonds. The van der Waals surface area contributed by atoms with Gasteiger partial charge in [0.25, 0.3) is 0 Å². The van der Waals surface area contributed by atoms with E-state index in [1.165, 1.54) is 19.3 Å². The smallest absolute Gasteiger partial charge is 0.0793 e. The first kappa shape index (κ1) is 15.2. The second kappa shape index (κ2) is 7.58. The fourth-order valence-corrected chi connectivity index (χ4v) is 3.36. The number of nitrogens with zero attached hydrogens (tertiary/aromatic N) is 2. The molecule has 19 heavy (non-hydrogen) atoms. The van der Waals surface area contributed by atoms with Gasteiger partial charge in [0.1, 0.15) is 0 Å². The molecular formula is C15H30N2O2. The van der Waals surface area contributed by atoms with Crippen molar-refractivity contribution < 1.29 is 9.84 Å². The first-order valence-electron chi connectivity index (χ1n) is 7.87. The van der Waals surface area contributed by atoms with Gasteiger partial charge < -0.3 is 9.84 Å². The predicted molar refractivity (Wildman–Crippen MR) is 77.3 cm³/mol. The average Bonchev–Trinajstić information content (AvgIpc) is 2.77. The van der Waals surface area contributed by atoms with E-state index in [0.717, 1.165) is 51.9 Å². The van der Waals surface area contributed by atoms with Crippen molar-refractivity contribution in [2.75, 3.05) is 45.9 Å². The van der Waals surface area contributed by atoms with E-state index >= 15 is 0 Å². The zero-order valence-electron chi connectivity index (χ0n) is 12.6. The van der Waals surface area contributed by atoms with Gasteiger partial charge in [0.15, 0.2) is 0 Å². The number of hydrogen-bond acceptors (Lipinski definition) is 4. The lowest BCUT2D eigenvalue weighted by Crippen LogP contribution is -2.45. The molecule has 2 atom stereocenters. The monoisotopic (exact) mass is 270 g/mol. The molecule has 2 heterocycles. The van der Waals surface area contributed by atoms with Gasteiger partial charge in [0, 0.05) is 32.2 Å². The number of β-amino-alcohol motifs (C(OH)–C–C–N with tert-alkyl or cyclic N) is 1. The normalized spacial score (nSPS) is 28.1. The summed E-state index contributed by atoms with van der Waals surface area (Å²) in [6.45, 7) is 10.9. The number of likely N-dealkylation sites (tertiary alicyclic amines) is 1. The van der Waals surface area contributed by atoms with Crippen LogP contribution in [0.3, 0.4) is 0 Å². The van der Waals surface area contributed by atoms with Gasteiger partial charge in [-0.25, -0.2) is 0 Å². The SMILES string of the molecule is CC(C)CC1CCCN1CC(O)CN1CCOCC1. The Hall–Kier alpha value is -0.160. The number of aliphatic hydroxyl groups excluding tert-OH is 1. The summed E-state index contributed by atoms with van der Waals surface area (Å²) in [7, 11) is 0. The number of hydrogen-bond donors (Lipinski definition) is 1. The predicted octanol–water partition coefficient (Wildman–Crippen LogP) is 1.19. The topological polar surface area (TPSA) is 35.9 Å². The molecule has 1 N–H and O–H groups in total. The summed E-state index contributed by atoms with van der Waals surface area (Å²) in [4.78, 5) is 4.83. The minimum absolute atomic E-state index is 0.217. The van der Waals surface area contributed by atoms with Crippen LogP contribution in [0.15, 0.2) is 0 Å². The van der Waals surface area contributed by atoms with Crippen molar-refractivity contribution in [2.45, 2.75) is 45.3 Å². The summed E-state index contributed by atoms with van der Waals surface area (Å²) in [6.07, 6.45) is 3.65. The summed E-state index contributed by atoms with van der Waals surface area (Å²) < 4.78 is 5.34. The summed E-state index contributed by atoms with van der Waals surface area (Å²) >= 11 is 0. The fraction of sp³-hybridized carbons (Fsp3) is 1.00. The third-order valence-corrected chi connectivity index (χ3v) is 4.26. The van der Waals surface area contributed by atoms with Crippen LogP contribution in [-0.4, -0.2) is 73.0 Å². The average molecular weight is 270 g/mol. The van der Waals surface area contributed by atoms with Gasteiger partial charge in [0.05, 0.1) is 19.3 Å². The molecule has 2 rings (SSSR count). The Morgan fingerprint density at radius 1 is 1.16 bits per heavy atom. The molecular weight excluding hydrogens is 240 g/mol. The number of aliphatic hydroxyl groups is 1. The van der Waals surface area contributed by atoms with E-state index in [9.17, 15) is 5.11 Å². The van der Waals surface area contributed by atoms with Crippen LogP contribution in [0.25, 0.3) is 0 Å². The minimum Gasteiger partial charge on any atom is -0.390 e. The molecule has 2 unspecified atom stereocenters. The Morgan fingerprint density at radius 2 is 1.89 bits per heavy atom. The van der Waals surface area contributed by atoms with Crippen molar-refractivity contribution in [1.29, 1.82) is 0 Å². The fourth-order valence-electron chi connectivity index (χ4n) is 3.36. The Balaban J connectivity index is 1.72. The lowest BCUT2D eigenvalue weighted by molar-refractivity contribution is 0.00531. The molecule has 2 saturated heterocycles. The molecule has 4 heteroatoms. The number of morpholine rings is 1. The van der Waals surface area contributed by atoms with Crippen molar-refractivity contribution in [3.63, 3.8) is 0 Å². The summed E-state index contributed by atoms with van der Waals surface area (Å²) in [5.41, 5.74) is 0. The molecule has 2 aliphatic heterocycles. The van der Waals surface area contributed by atoms with Gasteiger partial charge in [-0.15, -0.1) is 0 Å². The Bertz CT molecular complexity index is 255. The van der Waals surface area contributed by atoms with Crippen LogP contribution in [0.4, 0.5) is 0 Å². The van der Waals surface area contributed by atoms with E-state index in [0.29, 0.717) is 6.04 Å². The van der Waals surface area contributed by atoms with E-state index in [4.69, 9.17) is 4.74 Å². The maximum atomic E-state index is 10.3. The Morgan fingerprint density at radius 3 is 2.58 bits per heavy atom. The third-order valence-electron chi connectivity index (χ3n) is 4.26. The molecule has 0 spiro atoms. The van der Waals surface area contributed by atoms with Crippen LogP contribution in [0.2, 0.25) is 0 Å². The second-order valence-electron chi connectivity index (χ2n) is 6.49. The first-order valence-corrected chi connectivity index (χ1v) is 7.87. The van der Waals surface area contributed by atoms with Crippen LogP contribution in [0.5, 0.6) is 0 Å². The summed E-state index contributed by atoms with van der Waals surface area (Å²) in [6, 6.07) is 0.694. The molecule has 0 aromatic carbocycles. The van der Waals surface area contributed by atoms with Crippen LogP contribution in [-0.2, 0) is 4.74 Å². The molecule has 2 fully saturated rings. The van der Waals surface area contributed by atoms with Gasteiger partial charge in [0.2, 0.25) is 0 Å².